The summed E-state index contributed by atoms with van der Waals surface area (Å²) in [5, 5.41) is 2.66. The summed E-state index contributed by atoms with van der Waals surface area (Å²) in [5.74, 6) is -0.234. The molecule has 7 heteroatoms. The van der Waals surface area contributed by atoms with Crippen molar-refractivity contribution < 1.29 is 18.0 Å². The van der Waals surface area contributed by atoms with Crippen molar-refractivity contribution in [2.45, 2.75) is 38.3 Å². The molecule has 0 aromatic rings. The smallest absolute Gasteiger partial charge is 0.245 e. The Labute approximate surface area is 107 Å². The van der Waals surface area contributed by atoms with Gasteiger partial charge in [0.1, 0.15) is 6.04 Å². The van der Waals surface area contributed by atoms with Gasteiger partial charge in [0.05, 0.1) is 18.1 Å². The van der Waals surface area contributed by atoms with Crippen LogP contribution < -0.4 is 5.32 Å². The van der Waals surface area contributed by atoms with E-state index in [0.29, 0.717) is 12.8 Å². The van der Waals surface area contributed by atoms with Gasteiger partial charge in [0, 0.05) is 6.04 Å². The van der Waals surface area contributed by atoms with E-state index in [4.69, 9.17) is 0 Å². The maximum absolute atomic E-state index is 12.2. The molecule has 2 aliphatic rings. The van der Waals surface area contributed by atoms with E-state index in [9.17, 15) is 18.0 Å². The van der Waals surface area contributed by atoms with Gasteiger partial charge in [-0.3, -0.25) is 9.59 Å². The monoisotopic (exact) mass is 274 g/mol. The first kappa shape index (κ1) is 13.3. The van der Waals surface area contributed by atoms with Gasteiger partial charge in [-0.1, -0.05) is 13.3 Å². The number of piperazine rings is 1. The molecule has 0 saturated carbocycles. The molecule has 2 saturated heterocycles. The first-order valence-corrected chi connectivity index (χ1v) is 8.05. The largest absolute Gasteiger partial charge is 0.343 e. The van der Waals surface area contributed by atoms with Gasteiger partial charge in [-0.15, -0.1) is 0 Å². The number of nitrogens with one attached hydrogen (secondary N) is 1. The lowest BCUT2D eigenvalue weighted by molar-refractivity contribution is -0.146. The van der Waals surface area contributed by atoms with Crippen molar-refractivity contribution in [1.29, 1.82) is 0 Å². The Kier molecular flexibility index (Phi) is 3.61. The zero-order chi connectivity index (χ0) is 13.3. The van der Waals surface area contributed by atoms with E-state index >= 15 is 0 Å². The molecule has 102 valence electrons. The molecule has 1 N–H and O–H groups in total. The summed E-state index contributed by atoms with van der Waals surface area (Å²) in [7, 11) is -3.04. The fourth-order valence-electron chi connectivity index (χ4n) is 2.55. The Morgan fingerprint density at radius 3 is 2.67 bits per heavy atom. The molecule has 0 spiro atoms. The van der Waals surface area contributed by atoms with E-state index < -0.39 is 15.9 Å². The highest BCUT2D eigenvalue weighted by molar-refractivity contribution is 7.91. The summed E-state index contributed by atoms with van der Waals surface area (Å²) in [6, 6.07) is -0.813. The number of hydrogen-bond donors (Lipinski definition) is 1. The SMILES string of the molecule is CCCC1NC(=O)CN(C2CCS(=O)(=O)C2)C1=O. The number of hydrogen-bond acceptors (Lipinski definition) is 4. The minimum atomic E-state index is -3.04. The Morgan fingerprint density at radius 1 is 1.39 bits per heavy atom. The number of nitrogens with zero attached hydrogens (tertiary/aromatic N) is 1. The van der Waals surface area contributed by atoms with Crippen LogP contribution in [0.2, 0.25) is 0 Å². The van der Waals surface area contributed by atoms with Crippen LogP contribution in [0.4, 0.5) is 0 Å². The van der Waals surface area contributed by atoms with E-state index in [-0.39, 0.29) is 35.9 Å². The average Bonchev–Trinajstić information content (AvgIpc) is 2.64. The summed E-state index contributed by atoms with van der Waals surface area (Å²) in [5.41, 5.74) is 0. The number of rotatable bonds is 3. The summed E-state index contributed by atoms with van der Waals surface area (Å²) in [6.45, 7) is 1.93. The molecule has 18 heavy (non-hydrogen) atoms. The third-order valence-electron chi connectivity index (χ3n) is 3.46. The van der Waals surface area contributed by atoms with Gasteiger partial charge < -0.3 is 10.2 Å². The van der Waals surface area contributed by atoms with Crippen LogP contribution >= 0.6 is 0 Å². The van der Waals surface area contributed by atoms with E-state index in [1.165, 1.54) is 4.90 Å². The van der Waals surface area contributed by atoms with Gasteiger partial charge in [0.25, 0.3) is 0 Å². The summed E-state index contributed by atoms with van der Waals surface area (Å²) in [6.07, 6.45) is 1.84. The summed E-state index contributed by atoms with van der Waals surface area (Å²) in [4.78, 5) is 25.2. The summed E-state index contributed by atoms with van der Waals surface area (Å²) >= 11 is 0. The third kappa shape index (κ3) is 2.66. The van der Waals surface area contributed by atoms with Crippen LogP contribution in [-0.2, 0) is 19.4 Å². The molecule has 2 unspecified atom stereocenters. The second kappa shape index (κ2) is 4.87. The van der Waals surface area contributed by atoms with E-state index in [1.807, 2.05) is 6.92 Å². The van der Waals surface area contributed by atoms with Crippen molar-refractivity contribution in [3.63, 3.8) is 0 Å². The third-order valence-corrected chi connectivity index (χ3v) is 5.21. The lowest BCUT2D eigenvalue weighted by Gasteiger charge is -2.35. The topological polar surface area (TPSA) is 83.6 Å². The molecule has 2 amide bonds. The molecule has 2 heterocycles. The number of sulfone groups is 1. The highest BCUT2D eigenvalue weighted by Gasteiger charge is 2.40. The predicted molar refractivity (Wildman–Crippen MR) is 65.6 cm³/mol. The van der Waals surface area contributed by atoms with Crippen molar-refractivity contribution in [3.8, 4) is 0 Å². The second-order valence-electron chi connectivity index (χ2n) is 4.93. The Morgan fingerprint density at radius 2 is 2.11 bits per heavy atom. The van der Waals surface area contributed by atoms with Crippen molar-refractivity contribution >= 4 is 21.7 Å². The van der Waals surface area contributed by atoms with Crippen LogP contribution in [-0.4, -0.2) is 55.3 Å². The van der Waals surface area contributed by atoms with E-state index in [2.05, 4.69) is 5.32 Å². The van der Waals surface area contributed by atoms with E-state index in [0.717, 1.165) is 6.42 Å². The predicted octanol–water partition coefficient (Wildman–Crippen LogP) is -0.699. The molecule has 0 radical (unpaired) electrons. The molecule has 0 aromatic heterocycles. The van der Waals surface area contributed by atoms with Gasteiger partial charge in [-0.25, -0.2) is 8.42 Å². The summed E-state index contributed by atoms with van der Waals surface area (Å²) < 4.78 is 22.9. The minimum Gasteiger partial charge on any atom is -0.343 e. The Balaban J connectivity index is 2.12. The quantitative estimate of drug-likeness (QED) is 0.737. The highest BCUT2D eigenvalue weighted by Crippen LogP contribution is 2.20. The van der Waals surface area contributed by atoms with Crippen LogP contribution in [0, 0.1) is 0 Å². The fraction of sp³-hybridized carbons (Fsp3) is 0.818. The maximum atomic E-state index is 12.2. The maximum Gasteiger partial charge on any atom is 0.245 e. The molecular formula is C11H18N2O4S. The van der Waals surface area contributed by atoms with Crippen LogP contribution in [0.3, 0.4) is 0 Å². The standard InChI is InChI=1S/C11H18N2O4S/c1-2-3-9-11(15)13(6-10(14)12-9)8-4-5-18(16,17)7-8/h8-9H,2-7H2,1H3,(H,12,14). The zero-order valence-electron chi connectivity index (χ0n) is 10.4. The molecule has 2 aliphatic heterocycles. The van der Waals surface area contributed by atoms with Crippen molar-refractivity contribution in [3.05, 3.63) is 0 Å². The first-order valence-electron chi connectivity index (χ1n) is 6.23. The van der Waals surface area contributed by atoms with Crippen molar-refractivity contribution in [2.75, 3.05) is 18.1 Å². The van der Waals surface area contributed by atoms with Gasteiger partial charge in [0.2, 0.25) is 11.8 Å². The number of carbonyl (C=O) groups is 2. The molecular weight excluding hydrogens is 256 g/mol. The number of amides is 2. The Bertz CT molecular complexity index is 460. The van der Waals surface area contributed by atoms with Gasteiger partial charge in [-0.05, 0) is 12.8 Å². The Hall–Kier alpha value is -1.11. The van der Waals surface area contributed by atoms with Crippen molar-refractivity contribution in [2.24, 2.45) is 0 Å². The van der Waals surface area contributed by atoms with Gasteiger partial charge in [0.15, 0.2) is 9.84 Å². The normalized spacial score (nSPS) is 31.5. The van der Waals surface area contributed by atoms with Gasteiger partial charge in [-0.2, -0.15) is 0 Å². The molecule has 0 aliphatic carbocycles. The molecule has 2 rings (SSSR count). The van der Waals surface area contributed by atoms with Crippen LogP contribution in [0.1, 0.15) is 26.2 Å². The first-order chi connectivity index (χ1) is 8.43. The molecule has 0 aromatic carbocycles. The second-order valence-corrected chi connectivity index (χ2v) is 7.16. The molecule has 2 atom stereocenters. The van der Waals surface area contributed by atoms with Gasteiger partial charge >= 0.3 is 0 Å². The lowest BCUT2D eigenvalue weighted by Crippen LogP contribution is -2.60. The highest BCUT2D eigenvalue weighted by atomic mass is 32.2. The van der Waals surface area contributed by atoms with Crippen LogP contribution in [0.5, 0.6) is 0 Å². The average molecular weight is 274 g/mol. The van der Waals surface area contributed by atoms with Crippen molar-refractivity contribution in [1.82, 2.24) is 10.2 Å². The van der Waals surface area contributed by atoms with Crippen LogP contribution in [0.25, 0.3) is 0 Å². The molecule has 0 bridgehead atoms. The molecule has 6 nitrogen and oxygen atoms in total. The minimum absolute atomic E-state index is 0.00906. The van der Waals surface area contributed by atoms with Crippen LogP contribution in [0.15, 0.2) is 0 Å². The lowest BCUT2D eigenvalue weighted by atomic mass is 10.1. The number of carbonyl (C=O) groups excluding carboxylic acids is 2. The zero-order valence-corrected chi connectivity index (χ0v) is 11.2. The fourth-order valence-corrected chi connectivity index (χ4v) is 4.28. The molecule has 2 fully saturated rings. The van der Waals surface area contributed by atoms with E-state index in [1.54, 1.807) is 0 Å².